The van der Waals surface area contributed by atoms with E-state index in [4.69, 9.17) is 9.47 Å². The first kappa shape index (κ1) is 16.8. The van der Waals surface area contributed by atoms with E-state index in [1.54, 1.807) is 18.2 Å². The van der Waals surface area contributed by atoms with E-state index < -0.39 is 0 Å². The average Bonchev–Trinajstić information content (AvgIpc) is 3.35. The predicted molar refractivity (Wildman–Crippen MR) is 101 cm³/mol. The van der Waals surface area contributed by atoms with Crippen LogP contribution in [0.4, 0.5) is 0 Å². The summed E-state index contributed by atoms with van der Waals surface area (Å²) >= 11 is 0. The van der Waals surface area contributed by atoms with Gasteiger partial charge in [0.15, 0.2) is 17.3 Å². The van der Waals surface area contributed by atoms with Crippen molar-refractivity contribution in [3.8, 4) is 11.5 Å². The molecule has 3 heterocycles. The minimum absolute atomic E-state index is 0.0380. The van der Waals surface area contributed by atoms with E-state index >= 15 is 0 Å². The molecular weight excluding hydrogens is 356 g/mol. The number of benzene rings is 2. The van der Waals surface area contributed by atoms with Gasteiger partial charge in [-0.2, -0.15) is 0 Å². The second-order valence-electron chi connectivity index (χ2n) is 7.17. The fraction of sp³-hybridized carbons (Fsp3) is 0.286. The molecule has 0 aliphatic carbocycles. The minimum Gasteiger partial charge on any atom is -0.454 e. The summed E-state index contributed by atoms with van der Waals surface area (Å²) in [5.41, 5.74) is 1.79. The molecule has 3 aromatic rings. The number of aromatic nitrogens is 3. The lowest BCUT2D eigenvalue weighted by Gasteiger charge is -2.32. The van der Waals surface area contributed by atoms with E-state index in [1.165, 1.54) is 5.56 Å². The molecule has 1 aromatic heterocycles. The van der Waals surface area contributed by atoms with E-state index in [-0.39, 0.29) is 18.7 Å². The highest BCUT2D eigenvalue weighted by atomic mass is 16.7. The zero-order chi connectivity index (χ0) is 19.1. The number of fused-ring (bicyclic) bond motifs is 2. The Morgan fingerprint density at radius 1 is 1.11 bits per heavy atom. The summed E-state index contributed by atoms with van der Waals surface area (Å²) in [7, 11) is 0. The third kappa shape index (κ3) is 2.89. The Morgan fingerprint density at radius 2 is 1.93 bits per heavy atom. The highest BCUT2D eigenvalue weighted by Gasteiger charge is 2.30. The van der Waals surface area contributed by atoms with E-state index in [1.807, 2.05) is 23.1 Å². The Morgan fingerprint density at radius 3 is 2.79 bits per heavy atom. The Hall–Kier alpha value is -3.35. The van der Waals surface area contributed by atoms with E-state index in [0.717, 1.165) is 18.1 Å². The summed E-state index contributed by atoms with van der Waals surface area (Å²) in [5, 5.41) is 8.76. The van der Waals surface area contributed by atoms with Gasteiger partial charge in [-0.3, -0.25) is 4.79 Å². The van der Waals surface area contributed by atoms with Gasteiger partial charge in [-0.25, -0.2) is 0 Å². The zero-order valence-corrected chi connectivity index (χ0v) is 15.5. The Labute approximate surface area is 162 Å². The van der Waals surface area contributed by atoms with Crippen LogP contribution in [0.2, 0.25) is 0 Å². The van der Waals surface area contributed by atoms with Crippen LogP contribution >= 0.6 is 0 Å². The topological polar surface area (TPSA) is 69.5 Å². The number of rotatable bonds is 3. The van der Waals surface area contributed by atoms with E-state index in [9.17, 15) is 4.79 Å². The summed E-state index contributed by atoms with van der Waals surface area (Å²) in [5.74, 6) is 3.00. The number of hydrogen-bond acceptors (Lipinski definition) is 5. The van der Waals surface area contributed by atoms with Crippen LogP contribution in [0.15, 0.2) is 48.5 Å². The number of carbonyl (C=O) groups is 1. The van der Waals surface area contributed by atoms with Crippen molar-refractivity contribution < 1.29 is 14.3 Å². The molecule has 0 saturated heterocycles. The molecule has 0 bridgehead atoms. The average molecular weight is 376 g/mol. The minimum atomic E-state index is -0.0380. The molecule has 0 N–H and O–H groups in total. The van der Waals surface area contributed by atoms with Crippen molar-refractivity contribution in [3.05, 3.63) is 71.3 Å². The van der Waals surface area contributed by atoms with Crippen LogP contribution in [0.5, 0.6) is 11.5 Å². The normalized spacial score (nSPS) is 17.5. The first-order valence-corrected chi connectivity index (χ1v) is 9.34. The van der Waals surface area contributed by atoms with Crippen LogP contribution in [0.1, 0.15) is 40.5 Å². The van der Waals surface area contributed by atoms with Crippen molar-refractivity contribution >= 4 is 5.91 Å². The van der Waals surface area contributed by atoms with Crippen LogP contribution in [0, 0.1) is 0 Å². The van der Waals surface area contributed by atoms with Crippen LogP contribution < -0.4 is 9.47 Å². The van der Waals surface area contributed by atoms with Gasteiger partial charge in [-0.1, -0.05) is 30.3 Å². The van der Waals surface area contributed by atoms with Gasteiger partial charge < -0.3 is 18.9 Å². The molecule has 0 spiro atoms. The van der Waals surface area contributed by atoms with Crippen LogP contribution in [0.3, 0.4) is 0 Å². The Balaban J connectivity index is 1.38. The molecule has 2 aliphatic heterocycles. The lowest BCUT2D eigenvalue weighted by atomic mass is 10.1. The maximum Gasteiger partial charge on any atom is 0.254 e. The molecule has 2 aromatic carbocycles. The van der Waals surface area contributed by atoms with Gasteiger partial charge in [0.05, 0.1) is 12.6 Å². The summed E-state index contributed by atoms with van der Waals surface area (Å²) in [4.78, 5) is 14.8. The quantitative estimate of drug-likeness (QED) is 0.703. The second-order valence-corrected chi connectivity index (χ2v) is 7.17. The summed E-state index contributed by atoms with van der Waals surface area (Å²) in [6.45, 7) is 3.35. The van der Waals surface area contributed by atoms with Gasteiger partial charge in [0.25, 0.3) is 5.91 Å². The van der Waals surface area contributed by atoms with Gasteiger partial charge >= 0.3 is 0 Å². The van der Waals surface area contributed by atoms with Gasteiger partial charge in [0.2, 0.25) is 6.79 Å². The van der Waals surface area contributed by atoms with Crippen LogP contribution in [-0.2, 0) is 13.0 Å². The number of hydrogen-bond donors (Lipinski definition) is 0. The SMILES string of the molecule is C[C@H]1CN(C(=O)c2ccc3c(c2)OCO3)Cc2nnc(Cc3ccccc3)n21. The number of carbonyl (C=O) groups excluding carboxylic acids is 1. The monoisotopic (exact) mass is 376 g/mol. The van der Waals surface area contributed by atoms with Gasteiger partial charge in [0, 0.05) is 18.5 Å². The summed E-state index contributed by atoms with van der Waals surface area (Å²) < 4.78 is 12.9. The van der Waals surface area contributed by atoms with Crippen molar-refractivity contribution in [3.63, 3.8) is 0 Å². The molecule has 1 amide bonds. The molecule has 0 radical (unpaired) electrons. The van der Waals surface area contributed by atoms with Gasteiger partial charge in [0.1, 0.15) is 5.82 Å². The van der Waals surface area contributed by atoms with Crippen molar-refractivity contribution in [1.82, 2.24) is 19.7 Å². The smallest absolute Gasteiger partial charge is 0.254 e. The Bertz CT molecular complexity index is 1030. The molecule has 1 atom stereocenters. The summed E-state index contributed by atoms with van der Waals surface area (Å²) in [6, 6.07) is 15.6. The molecule has 0 fully saturated rings. The van der Waals surface area contributed by atoms with Crippen molar-refractivity contribution in [2.24, 2.45) is 0 Å². The maximum atomic E-state index is 13.0. The molecule has 2 aliphatic rings. The fourth-order valence-electron chi connectivity index (χ4n) is 3.88. The molecular formula is C21H20N4O3. The largest absolute Gasteiger partial charge is 0.454 e. The Kier molecular flexibility index (Phi) is 4.00. The van der Waals surface area contributed by atoms with Crippen molar-refractivity contribution in [1.29, 1.82) is 0 Å². The number of nitrogens with zero attached hydrogens (tertiary/aromatic N) is 4. The van der Waals surface area contributed by atoms with Crippen LogP contribution in [0.25, 0.3) is 0 Å². The first-order chi connectivity index (χ1) is 13.7. The third-order valence-electron chi connectivity index (χ3n) is 5.21. The lowest BCUT2D eigenvalue weighted by molar-refractivity contribution is 0.0679. The standard InChI is InChI=1S/C21H20N4O3/c1-14-11-24(21(26)16-7-8-17-18(10-16)28-13-27-17)12-20-23-22-19(25(14)20)9-15-5-3-2-4-6-15/h2-8,10,14H,9,11-13H2,1H3/t14-/m0/s1. The summed E-state index contributed by atoms with van der Waals surface area (Å²) in [6.07, 6.45) is 0.730. The number of ether oxygens (including phenoxy) is 2. The fourth-order valence-corrected chi connectivity index (χ4v) is 3.88. The predicted octanol–water partition coefficient (Wildman–Crippen LogP) is 2.81. The maximum absolute atomic E-state index is 13.0. The molecule has 142 valence electrons. The highest BCUT2D eigenvalue weighted by Crippen LogP contribution is 2.33. The third-order valence-corrected chi connectivity index (χ3v) is 5.21. The van der Waals surface area contributed by atoms with Crippen LogP contribution in [-0.4, -0.2) is 38.9 Å². The first-order valence-electron chi connectivity index (χ1n) is 9.34. The van der Waals surface area contributed by atoms with Crippen molar-refractivity contribution in [2.45, 2.75) is 25.9 Å². The molecule has 7 heteroatoms. The molecule has 0 saturated carbocycles. The molecule has 7 nitrogen and oxygen atoms in total. The van der Waals surface area contributed by atoms with Gasteiger partial charge in [-0.05, 0) is 30.7 Å². The second kappa shape index (κ2) is 6.67. The molecule has 0 unspecified atom stereocenters. The van der Waals surface area contributed by atoms with E-state index in [2.05, 4.69) is 33.8 Å². The molecule has 5 rings (SSSR count). The zero-order valence-electron chi connectivity index (χ0n) is 15.5. The van der Waals surface area contributed by atoms with E-state index in [0.29, 0.717) is 30.2 Å². The van der Waals surface area contributed by atoms with Crippen molar-refractivity contribution in [2.75, 3.05) is 13.3 Å². The molecule has 28 heavy (non-hydrogen) atoms. The highest BCUT2D eigenvalue weighted by molar-refractivity contribution is 5.95. The van der Waals surface area contributed by atoms with Gasteiger partial charge in [-0.15, -0.1) is 10.2 Å². The number of amides is 1. The lowest BCUT2D eigenvalue weighted by Crippen LogP contribution is -2.40.